The highest BCUT2D eigenvalue weighted by Crippen LogP contribution is 2.32. The first-order valence-electron chi connectivity index (χ1n) is 6.19. The maximum atomic E-state index is 10.8. The highest BCUT2D eigenvalue weighted by molar-refractivity contribution is 7.18. The van der Waals surface area contributed by atoms with Crippen LogP contribution in [-0.4, -0.2) is 16.1 Å². The fraction of sp³-hybridized carbons (Fsp3) is 0. The molecule has 0 spiro atoms. The van der Waals surface area contributed by atoms with E-state index in [4.69, 9.17) is 16.7 Å². The molecule has 0 unspecified atom stereocenters. The van der Waals surface area contributed by atoms with E-state index in [-0.39, 0.29) is 5.56 Å². The Balaban J connectivity index is 1.90. The van der Waals surface area contributed by atoms with Crippen molar-refractivity contribution in [2.45, 2.75) is 0 Å². The topological polar surface area (TPSA) is 50.2 Å². The van der Waals surface area contributed by atoms with Gasteiger partial charge in [-0.15, -0.1) is 11.3 Å². The number of benzene rings is 2. The van der Waals surface area contributed by atoms with E-state index in [1.807, 2.05) is 30.5 Å². The second-order valence-corrected chi connectivity index (χ2v) is 5.89. The fourth-order valence-electron chi connectivity index (χ4n) is 1.91. The van der Waals surface area contributed by atoms with E-state index in [2.05, 4.69) is 4.98 Å². The lowest BCUT2D eigenvalue weighted by molar-refractivity contribution is 0.0697. The quantitative estimate of drug-likeness (QED) is 0.753. The molecule has 1 aromatic heterocycles. The predicted octanol–water partition coefficient (Wildman–Crippen LogP) is 4.83. The minimum Gasteiger partial charge on any atom is -0.478 e. The Hall–Kier alpha value is -2.17. The third kappa shape index (κ3) is 2.96. The van der Waals surface area contributed by atoms with Crippen molar-refractivity contribution in [3.05, 3.63) is 65.3 Å². The molecule has 1 heterocycles. The SMILES string of the molecule is O=C(O)c1ccc(-c2ncc(-c3ccc(Cl)cc3)s2)cc1. The smallest absolute Gasteiger partial charge is 0.335 e. The van der Waals surface area contributed by atoms with Crippen LogP contribution in [0.2, 0.25) is 5.02 Å². The molecule has 3 aromatic rings. The zero-order valence-corrected chi connectivity index (χ0v) is 12.4. The molecule has 0 aliphatic heterocycles. The van der Waals surface area contributed by atoms with Crippen LogP contribution in [0, 0.1) is 0 Å². The van der Waals surface area contributed by atoms with E-state index in [1.165, 1.54) is 0 Å². The molecular formula is C16H10ClNO2S. The van der Waals surface area contributed by atoms with Gasteiger partial charge in [-0.25, -0.2) is 9.78 Å². The molecule has 2 aromatic carbocycles. The second-order valence-electron chi connectivity index (χ2n) is 4.42. The summed E-state index contributed by atoms with van der Waals surface area (Å²) in [5, 5.41) is 10.5. The fourth-order valence-corrected chi connectivity index (χ4v) is 2.96. The van der Waals surface area contributed by atoms with Gasteiger partial charge in [0, 0.05) is 16.8 Å². The summed E-state index contributed by atoms with van der Waals surface area (Å²) < 4.78 is 0. The molecule has 21 heavy (non-hydrogen) atoms. The number of carbonyl (C=O) groups is 1. The first kappa shape index (κ1) is 13.8. The van der Waals surface area contributed by atoms with Crippen LogP contribution in [-0.2, 0) is 0 Å². The summed E-state index contributed by atoms with van der Waals surface area (Å²) in [6.45, 7) is 0. The number of carboxylic acid groups (broad SMARTS) is 1. The largest absolute Gasteiger partial charge is 0.478 e. The van der Waals surface area contributed by atoms with Crippen molar-refractivity contribution in [3.8, 4) is 21.0 Å². The number of nitrogens with zero attached hydrogens (tertiary/aromatic N) is 1. The Morgan fingerprint density at radius 2 is 1.62 bits per heavy atom. The van der Waals surface area contributed by atoms with Gasteiger partial charge in [-0.05, 0) is 29.8 Å². The molecule has 0 radical (unpaired) electrons. The van der Waals surface area contributed by atoms with Crippen molar-refractivity contribution in [2.75, 3.05) is 0 Å². The molecule has 5 heteroatoms. The molecule has 0 saturated carbocycles. The van der Waals surface area contributed by atoms with Crippen LogP contribution < -0.4 is 0 Å². The second kappa shape index (κ2) is 5.68. The van der Waals surface area contributed by atoms with Crippen molar-refractivity contribution in [2.24, 2.45) is 0 Å². The Morgan fingerprint density at radius 1 is 1.00 bits per heavy atom. The summed E-state index contributed by atoms with van der Waals surface area (Å²) >= 11 is 7.44. The lowest BCUT2D eigenvalue weighted by Gasteiger charge is -1.98. The van der Waals surface area contributed by atoms with Gasteiger partial charge in [-0.1, -0.05) is 35.9 Å². The minimum atomic E-state index is -0.928. The van der Waals surface area contributed by atoms with Gasteiger partial charge in [0.2, 0.25) is 0 Å². The van der Waals surface area contributed by atoms with Crippen LogP contribution in [0.5, 0.6) is 0 Å². The number of thiazole rings is 1. The average Bonchev–Trinajstić information content (AvgIpc) is 2.98. The number of aromatic nitrogens is 1. The first-order valence-corrected chi connectivity index (χ1v) is 7.38. The van der Waals surface area contributed by atoms with Crippen LogP contribution >= 0.6 is 22.9 Å². The molecule has 0 amide bonds. The molecule has 3 nitrogen and oxygen atoms in total. The van der Waals surface area contributed by atoms with Crippen LogP contribution in [0.3, 0.4) is 0 Å². The van der Waals surface area contributed by atoms with Crippen LogP contribution in [0.25, 0.3) is 21.0 Å². The Bertz CT molecular complexity index is 779. The third-order valence-corrected chi connectivity index (χ3v) is 4.36. The molecule has 0 atom stereocenters. The molecule has 0 aliphatic carbocycles. The van der Waals surface area contributed by atoms with E-state index in [1.54, 1.807) is 35.6 Å². The van der Waals surface area contributed by atoms with Crippen molar-refractivity contribution in [1.82, 2.24) is 4.98 Å². The summed E-state index contributed by atoms with van der Waals surface area (Å²) in [5.41, 5.74) is 2.24. The van der Waals surface area contributed by atoms with Crippen molar-refractivity contribution in [1.29, 1.82) is 0 Å². The van der Waals surface area contributed by atoms with Crippen LogP contribution in [0.15, 0.2) is 54.7 Å². The number of halogens is 1. The number of rotatable bonds is 3. The van der Waals surface area contributed by atoms with Gasteiger partial charge in [0.1, 0.15) is 5.01 Å². The van der Waals surface area contributed by atoms with Crippen LogP contribution in [0.1, 0.15) is 10.4 Å². The van der Waals surface area contributed by atoms with Crippen molar-refractivity contribution >= 4 is 28.9 Å². The molecule has 0 saturated heterocycles. The van der Waals surface area contributed by atoms with Gasteiger partial charge in [-0.2, -0.15) is 0 Å². The monoisotopic (exact) mass is 315 g/mol. The molecule has 0 bridgehead atoms. The number of carboxylic acids is 1. The van der Waals surface area contributed by atoms with E-state index in [0.29, 0.717) is 5.02 Å². The standard InChI is InChI=1S/C16H10ClNO2S/c17-13-7-5-10(6-8-13)14-9-18-15(21-14)11-1-3-12(4-2-11)16(19)20/h1-9H,(H,19,20). The lowest BCUT2D eigenvalue weighted by atomic mass is 10.1. The summed E-state index contributed by atoms with van der Waals surface area (Å²) in [7, 11) is 0. The highest BCUT2D eigenvalue weighted by atomic mass is 35.5. The molecule has 0 aliphatic rings. The molecule has 0 fully saturated rings. The van der Waals surface area contributed by atoms with Gasteiger partial charge in [-0.3, -0.25) is 0 Å². The van der Waals surface area contributed by atoms with Gasteiger partial charge in [0.15, 0.2) is 0 Å². The van der Waals surface area contributed by atoms with Gasteiger partial charge in [0.05, 0.1) is 10.4 Å². The summed E-state index contributed by atoms with van der Waals surface area (Å²) in [6.07, 6.45) is 1.81. The van der Waals surface area contributed by atoms with Crippen molar-refractivity contribution in [3.63, 3.8) is 0 Å². The zero-order valence-electron chi connectivity index (χ0n) is 10.8. The third-order valence-electron chi connectivity index (χ3n) is 3.01. The normalized spacial score (nSPS) is 10.5. The summed E-state index contributed by atoms with van der Waals surface area (Å²) in [5.74, 6) is -0.928. The molecular weight excluding hydrogens is 306 g/mol. The van der Waals surface area contributed by atoms with Gasteiger partial charge in [0.25, 0.3) is 0 Å². The van der Waals surface area contributed by atoms with E-state index in [9.17, 15) is 4.79 Å². The Morgan fingerprint density at radius 3 is 2.24 bits per heavy atom. The van der Waals surface area contributed by atoms with Crippen molar-refractivity contribution < 1.29 is 9.90 Å². The van der Waals surface area contributed by atoms with E-state index < -0.39 is 5.97 Å². The maximum Gasteiger partial charge on any atom is 0.335 e. The number of hydrogen-bond donors (Lipinski definition) is 1. The summed E-state index contributed by atoms with van der Waals surface area (Å²) in [6, 6.07) is 14.3. The molecule has 1 N–H and O–H groups in total. The lowest BCUT2D eigenvalue weighted by Crippen LogP contribution is -1.94. The van der Waals surface area contributed by atoms with Crippen LogP contribution in [0.4, 0.5) is 0 Å². The highest BCUT2D eigenvalue weighted by Gasteiger charge is 2.08. The number of aromatic carboxylic acids is 1. The van der Waals surface area contributed by atoms with Gasteiger partial charge >= 0.3 is 5.97 Å². The molecule has 104 valence electrons. The van der Waals surface area contributed by atoms with E-state index in [0.717, 1.165) is 21.0 Å². The van der Waals surface area contributed by atoms with E-state index >= 15 is 0 Å². The average molecular weight is 316 g/mol. The summed E-state index contributed by atoms with van der Waals surface area (Å²) in [4.78, 5) is 16.3. The minimum absolute atomic E-state index is 0.272. The predicted molar refractivity (Wildman–Crippen MR) is 85.0 cm³/mol. The van der Waals surface area contributed by atoms with Gasteiger partial charge < -0.3 is 5.11 Å². The maximum absolute atomic E-state index is 10.8. The molecule has 3 rings (SSSR count). The Labute approximate surface area is 130 Å². The number of hydrogen-bond acceptors (Lipinski definition) is 3. The first-order chi connectivity index (χ1) is 10.1. The zero-order chi connectivity index (χ0) is 14.8. The Kier molecular flexibility index (Phi) is 3.73.